The highest BCUT2D eigenvalue weighted by Gasteiger charge is 2.20. The van der Waals surface area contributed by atoms with Crippen LogP contribution in [0.15, 0.2) is 73.8 Å². The highest BCUT2D eigenvalue weighted by molar-refractivity contribution is 5.64. The quantitative estimate of drug-likeness (QED) is 0.373. The second kappa shape index (κ2) is 9.54. The van der Waals surface area contributed by atoms with Gasteiger partial charge in [-0.15, -0.1) is 13.2 Å². The van der Waals surface area contributed by atoms with Gasteiger partial charge < -0.3 is 4.74 Å². The minimum absolute atomic E-state index is 0.667. The van der Waals surface area contributed by atoms with Crippen LogP contribution in [0.4, 0.5) is 0 Å². The number of hydrogen-bond donors (Lipinski definition) is 0. The Balaban J connectivity index is 1.58. The first-order valence-corrected chi connectivity index (χ1v) is 9.80. The predicted molar refractivity (Wildman–Crippen MR) is 111 cm³/mol. The van der Waals surface area contributed by atoms with E-state index < -0.39 is 0 Å². The molecule has 0 unspecified atom stereocenters. The van der Waals surface area contributed by atoms with Crippen molar-refractivity contribution >= 4 is 0 Å². The molecule has 0 aliphatic heterocycles. The van der Waals surface area contributed by atoms with Gasteiger partial charge in [0.2, 0.25) is 0 Å². The maximum Gasteiger partial charge on any atom is 0.0717 e. The Hall–Kier alpha value is -2.12. The molecule has 1 heteroatoms. The first-order valence-electron chi connectivity index (χ1n) is 9.80. The van der Waals surface area contributed by atoms with E-state index in [1.807, 2.05) is 6.08 Å². The van der Waals surface area contributed by atoms with Crippen LogP contribution >= 0.6 is 0 Å². The van der Waals surface area contributed by atoms with Crippen LogP contribution in [0.1, 0.15) is 49.1 Å². The fourth-order valence-electron chi connectivity index (χ4n) is 3.79. The van der Waals surface area contributed by atoms with E-state index in [2.05, 4.69) is 67.8 Å². The second-order valence-electron chi connectivity index (χ2n) is 7.30. The number of benzene rings is 2. The third kappa shape index (κ3) is 4.95. The number of allylic oxidation sites excluding steroid dienone is 1. The normalized spacial score (nSPS) is 19.8. The molecule has 0 amide bonds. The molecule has 1 nitrogen and oxygen atoms in total. The van der Waals surface area contributed by atoms with E-state index in [1.165, 1.54) is 47.9 Å². The van der Waals surface area contributed by atoms with E-state index in [-0.39, 0.29) is 0 Å². The van der Waals surface area contributed by atoms with Crippen LogP contribution in [0.25, 0.3) is 11.1 Å². The summed E-state index contributed by atoms with van der Waals surface area (Å²) >= 11 is 0. The Morgan fingerprint density at radius 1 is 0.846 bits per heavy atom. The van der Waals surface area contributed by atoms with Crippen LogP contribution < -0.4 is 0 Å². The zero-order chi connectivity index (χ0) is 18.2. The fourth-order valence-corrected chi connectivity index (χ4v) is 3.79. The molecule has 26 heavy (non-hydrogen) atoms. The standard InChI is InChI=1S/C25H30O/c1-3-5-18-26-19-21-8-12-23(13-9-21)25-16-14-24(15-17-25)22-10-6-20(4-2)7-11-22/h3-4,8-9,12-17,20,22H,1-2,5-7,10-11,18-19H2/t20-,22-. The van der Waals surface area contributed by atoms with Gasteiger partial charge in [-0.25, -0.2) is 0 Å². The molecule has 3 rings (SSSR count). The van der Waals surface area contributed by atoms with Gasteiger partial charge in [-0.2, -0.15) is 0 Å². The SMILES string of the molecule is C=CCCOCc1ccc(-c2ccc([C@H]3CC[C@H](C=C)CC3)cc2)cc1. The summed E-state index contributed by atoms with van der Waals surface area (Å²) in [5, 5.41) is 0. The van der Waals surface area contributed by atoms with Gasteiger partial charge >= 0.3 is 0 Å². The topological polar surface area (TPSA) is 9.23 Å². The molecule has 0 atom stereocenters. The molecule has 1 saturated carbocycles. The Morgan fingerprint density at radius 2 is 1.46 bits per heavy atom. The molecule has 1 aliphatic rings. The Labute approximate surface area is 158 Å². The van der Waals surface area contributed by atoms with Gasteiger partial charge in [0.15, 0.2) is 0 Å². The molecule has 0 heterocycles. The smallest absolute Gasteiger partial charge is 0.0717 e. The van der Waals surface area contributed by atoms with Crippen molar-refractivity contribution in [1.82, 2.24) is 0 Å². The molecular formula is C25H30O. The molecule has 2 aromatic carbocycles. The molecule has 136 valence electrons. The zero-order valence-electron chi connectivity index (χ0n) is 15.7. The molecule has 0 aromatic heterocycles. The summed E-state index contributed by atoms with van der Waals surface area (Å²) < 4.78 is 5.63. The van der Waals surface area contributed by atoms with Gasteiger partial charge in [-0.3, -0.25) is 0 Å². The largest absolute Gasteiger partial charge is 0.376 e. The van der Waals surface area contributed by atoms with Crippen LogP contribution in [0, 0.1) is 5.92 Å². The summed E-state index contributed by atoms with van der Waals surface area (Å²) in [6.07, 6.45) is 10.1. The lowest BCUT2D eigenvalue weighted by Crippen LogP contribution is -2.11. The van der Waals surface area contributed by atoms with Gasteiger partial charge in [0.05, 0.1) is 13.2 Å². The second-order valence-corrected chi connectivity index (χ2v) is 7.30. The first-order chi connectivity index (χ1) is 12.8. The van der Waals surface area contributed by atoms with Crippen LogP contribution in [0.2, 0.25) is 0 Å². The predicted octanol–water partition coefficient (Wildman–Crippen LogP) is 6.91. The highest BCUT2D eigenvalue weighted by Crippen LogP contribution is 2.36. The summed E-state index contributed by atoms with van der Waals surface area (Å²) in [7, 11) is 0. The van der Waals surface area contributed by atoms with E-state index >= 15 is 0 Å². The maximum atomic E-state index is 5.63. The molecule has 0 spiro atoms. The lowest BCUT2D eigenvalue weighted by Gasteiger charge is -2.27. The van der Waals surface area contributed by atoms with E-state index in [9.17, 15) is 0 Å². The third-order valence-corrected chi connectivity index (χ3v) is 5.51. The summed E-state index contributed by atoms with van der Waals surface area (Å²) in [4.78, 5) is 0. The highest BCUT2D eigenvalue weighted by atomic mass is 16.5. The van der Waals surface area contributed by atoms with Crippen molar-refractivity contribution in [3.8, 4) is 11.1 Å². The number of ether oxygens (including phenoxy) is 1. The summed E-state index contributed by atoms with van der Waals surface area (Å²) in [5.74, 6) is 1.44. The van der Waals surface area contributed by atoms with Crippen molar-refractivity contribution < 1.29 is 4.74 Å². The number of rotatable bonds is 8. The molecule has 2 aromatic rings. The van der Waals surface area contributed by atoms with Gasteiger partial charge in [-0.05, 0) is 66.2 Å². The van der Waals surface area contributed by atoms with Gasteiger partial charge in [-0.1, -0.05) is 60.7 Å². The lowest BCUT2D eigenvalue weighted by atomic mass is 9.78. The van der Waals surface area contributed by atoms with E-state index in [4.69, 9.17) is 4.74 Å². The zero-order valence-corrected chi connectivity index (χ0v) is 15.7. The average Bonchev–Trinajstić information content (AvgIpc) is 2.72. The van der Waals surface area contributed by atoms with Crippen molar-refractivity contribution in [1.29, 1.82) is 0 Å². The van der Waals surface area contributed by atoms with Crippen molar-refractivity contribution in [2.45, 2.75) is 44.6 Å². The van der Waals surface area contributed by atoms with E-state index in [1.54, 1.807) is 0 Å². The van der Waals surface area contributed by atoms with Crippen molar-refractivity contribution in [2.75, 3.05) is 6.61 Å². The number of hydrogen-bond acceptors (Lipinski definition) is 1. The minimum atomic E-state index is 0.667. The molecule has 0 N–H and O–H groups in total. The first kappa shape index (κ1) is 18.7. The van der Waals surface area contributed by atoms with Gasteiger partial charge in [0, 0.05) is 0 Å². The lowest BCUT2D eigenvalue weighted by molar-refractivity contribution is 0.125. The Morgan fingerprint density at radius 3 is 2.04 bits per heavy atom. The van der Waals surface area contributed by atoms with Crippen LogP contribution in [0.3, 0.4) is 0 Å². The maximum absolute atomic E-state index is 5.63. The Bertz CT molecular complexity index is 688. The van der Waals surface area contributed by atoms with Crippen LogP contribution in [-0.4, -0.2) is 6.61 Å². The third-order valence-electron chi connectivity index (χ3n) is 5.51. The van der Waals surface area contributed by atoms with Crippen LogP contribution in [0.5, 0.6) is 0 Å². The van der Waals surface area contributed by atoms with Gasteiger partial charge in [0.1, 0.15) is 0 Å². The average molecular weight is 347 g/mol. The molecule has 0 radical (unpaired) electrons. The molecular weight excluding hydrogens is 316 g/mol. The molecule has 1 fully saturated rings. The Kier molecular flexibility index (Phi) is 6.85. The minimum Gasteiger partial charge on any atom is -0.376 e. The van der Waals surface area contributed by atoms with E-state index in [0.717, 1.165) is 24.9 Å². The van der Waals surface area contributed by atoms with Gasteiger partial charge in [0.25, 0.3) is 0 Å². The molecule has 1 aliphatic carbocycles. The van der Waals surface area contributed by atoms with Crippen molar-refractivity contribution in [3.05, 3.63) is 85.0 Å². The van der Waals surface area contributed by atoms with E-state index in [0.29, 0.717) is 6.61 Å². The monoisotopic (exact) mass is 346 g/mol. The summed E-state index contributed by atoms with van der Waals surface area (Å²) in [6, 6.07) is 17.9. The fraction of sp³-hybridized carbons (Fsp3) is 0.360. The van der Waals surface area contributed by atoms with Crippen LogP contribution in [-0.2, 0) is 11.3 Å². The summed E-state index contributed by atoms with van der Waals surface area (Å²) in [5.41, 5.74) is 5.26. The molecule has 0 saturated heterocycles. The van der Waals surface area contributed by atoms with Crippen molar-refractivity contribution in [3.63, 3.8) is 0 Å². The summed E-state index contributed by atoms with van der Waals surface area (Å²) in [6.45, 7) is 9.06. The van der Waals surface area contributed by atoms with Crippen molar-refractivity contribution in [2.24, 2.45) is 5.92 Å². The molecule has 0 bridgehead atoms.